The number of hydrogen-bond acceptors (Lipinski definition) is 5. The van der Waals surface area contributed by atoms with Crippen LogP contribution in [0.3, 0.4) is 0 Å². The summed E-state index contributed by atoms with van der Waals surface area (Å²) in [6.45, 7) is 1.67. The SMILES string of the molecule is Cc1ccc(NC(=O)COc2ccc(Cl)cc2/C=C2/C(=O)NC(=S)N(c3ccccc3)C2=O)cc1. The molecule has 0 saturated carbocycles. The maximum absolute atomic E-state index is 13.2. The van der Waals surface area contributed by atoms with Crippen molar-refractivity contribution in [3.63, 3.8) is 0 Å². The van der Waals surface area contributed by atoms with Gasteiger partial charge in [-0.15, -0.1) is 0 Å². The lowest BCUT2D eigenvalue weighted by molar-refractivity contribution is -0.122. The summed E-state index contributed by atoms with van der Waals surface area (Å²) >= 11 is 11.4. The van der Waals surface area contributed by atoms with E-state index in [9.17, 15) is 14.4 Å². The number of aryl methyl sites for hydroxylation is 1. The van der Waals surface area contributed by atoms with E-state index in [1.807, 2.05) is 19.1 Å². The zero-order chi connectivity index (χ0) is 24.9. The van der Waals surface area contributed by atoms with Gasteiger partial charge < -0.3 is 10.1 Å². The number of carbonyl (C=O) groups excluding carboxylic acids is 3. The maximum atomic E-state index is 13.2. The molecule has 0 aliphatic carbocycles. The van der Waals surface area contributed by atoms with Crippen LogP contribution in [-0.4, -0.2) is 29.4 Å². The Morgan fingerprint density at radius 1 is 1.09 bits per heavy atom. The molecule has 0 unspecified atom stereocenters. The number of rotatable bonds is 6. The average molecular weight is 506 g/mol. The molecule has 9 heteroatoms. The molecule has 1 aliphatic rings. The zero-order valence-corrected chi connectivity index (χ0v) is 20.2. The molecule has 1 heterocycles. The van der Waals surface area contributed by atoms with Gasteiger partial charge in [0.25, 0.3) is 17.7 Å². The van der Waals surface area contributed by atoms with E-state index in [-0.39, 0.29) is 28.9 Å². The summed E-state index contributed by atoms with van der Waals surface area (Å²) < 4.78 is 5.70. The number of anilines is 2. The van der Waals surface area contributed by atoms with Crippen LogP contribution in [-0.2, 0) is 14.4 Å². The number of benzene rings is 3. The van der Waals surface area contributed by atoms with E-state index in [2.05, 4.69) is 10.6 Å². The van der Waals surface area contributed by atoms with E-state index in [0.29, 0.717) is 22.0 Å². The lowest BCUT2D eigenvalue weighted by atomic mass is 10.1. The lowest BCUT2D eigenvalue weighted by Crippen LogP contribution is -2.54. The van der Waals surface area contributed by atoms with Crippen molar-refractivity contribution >= 4 is 64.1 Å². The first-order valence-electron chi connectivity index (χ1n) is 10.6. The number of para-hydroxylation sites is 1. The highest BCUT2D eigenvalue weighted by Gasteiger charge is 2.34. The first-order chi connectivity index (χ1) is 16.8. The summed E-state index contributed by atoms with van der Waals surface area (Å²) in [6.07, 6.45) is 1.37. The third-order valence-electron chi connectivity index (χ3n) is 5.08. The number of ether oxygens (including phenoxy) is 1. The highest BCUT2D eigenvalue weighted by Crippen LogP contribution is 2.28. The van der Waals surface area contributed by atoms with Crippen LogP contribution in [0.2, 0.25) is 5.02 Å². The molecular formula is C26H20ClN3O4S. The molecule has 3 amide bonds. The summed E-state index contributed by atoms with van der Waals surface area (Å²) in [4.78, 5) is 39.4. The molecule has 0 atom stereocenters. The topological polar surface area (TPSA) is 87.7 Å². The van der Waals surface area contributed by atoms with Crippen LogP contribution in [0.15, 0.2) is 78.4 Å². The van der Waals surface area contributed by atoms with Gasteiger partial charge in [-0.05, 0) is 67.7 Å². The van der Waals surface area contributed by atoms with Crippen LogP contribution in [0, 0.1) is 6.92 Å². The predicted molar refractivity (Wildman–Crippen MR) is 139 cm³/mol. The quantitative estimate of drug-likeness (QED) is 0.292. The molecule has 2 N–H and O–H groups in total. The summed E-state index contributed by atoms with van der Waals surface area (Å²) in [7, 11) is 0. The van der Waals surface area contributed by atoms with Crippen molar-refractivity contribution in [3.8, 4) is 5.75 Å². The van der Waals surface area contributed by atoms with E-state index < -0.39 is 11.8 Å². The van der Waals surface area contributed by atoms with Gasteiger partial charge in [0.05, 0.1) is 5.69 Å². The molecule has 3 aromatic rings. The molecule has 7 nitrogen and oxygen atoms in total. The van der Waals surface area contributed by atoms with Crippen LogP contribution in [0.5, 0.6) is 5.75 Å². The fourth-order valence-electron chi connectivity index (χ4n) is 3.37. The second-order valence-electron chi connectivity index (χ2n) is 7.68. The van der Waals surface area contributed by atoms with E-state index in [1.165, 1.54) is 11.0 Å². The Kier molecular flexibility index (Phi) is 7.24. The Hall–Kier alpha value is -4.01. The molecule has 1 fully saturated rings. The Morgan fingerprint density at radius 2 is 1.80 bits per heavy atom. The fraction of sp³-hybridized carbons (Fsp3) is 0.0769. The molecule has 4 rings (SSSR count). The Bertz CT molecular complexity index is 1340. The van der Waals surface area contributed by atoms with Crippen molar-refractivity contribution < 1.29 is 19.1 Å². The second kappa shape index (κ2) is 10.5. The Balaban J connectivity index is 1.57. The standard InChI is InChI=1S/C26H20ClN3O4S/c1-16-7-10-19(11-8-16)28-23(31)15-34-22-12-9-18(27)13-17(22)14-21-24(32)29-26(35)30(25(21)33)20-5-3-2-4-6-20/h2-14H,15H2,1H3,(H,28,31)(H,29,32,35)/b21-14-. The van der Waals surface area contributed by atoms with E-state index in [4.69, 9.17) is 28.6 Å². The maximum Gasteiger partial charge on any atom is 0.270 e. The Labute approximate surface area is 212 Å². The number of halogens is 1. The van der Waals surface area contributed by atoms with Gasteiger partial charge in [-0.2, -0.15) is 0 Å². The third kappa shape index (κ3) is 5.74. The molecule has 1 saturated heterocycles. The van der Waals surface area contributed by atoms with E-state index >= 15 is 0 Å². The first kappa shape index (κ1) is 24.1. The molecule has 35 heavy (non-hydrogen) atoms. The minimum atomic E-state index is -0.643. The number of amides is 3. The number of nitrogens with zero attached hydrogens (tertiary/aromatic N) is 1. The van der Waals surface area contributed by atoms with Crippen LogP contribution in [0.1, 0.15) is 11.1 Å². The van der Waals surface area contributed by atoms with Crippen molar-refractivity contribution in [3.05, 3.63) is 94.5 Å². The van der Waals surface area contributed by atoms with Gasteiger partial charge in [-0.3, -0.25) is 24.6 Å². The van der Waals surface area contributed by atoms with Crippen LogP contribution >= 0.6 is 23.8 Å². The summed E-state index contributed by atoms with van der Waals surface area (Å²) in [5.41, 5.74) is 2.44. The van der Waals surface area contributed by atoms with E-state index in [1.54, 1.807) is 60.7 Å². The Morgan fingerprint density at radius 3 is 2.51 bits per heavy atom. The molecule has 1 aliphatic heterocycles. The smallest absolute Gasteiger partial charge is 0.270 e. The third-order valence-corrected chi connectivity index (χ3v) is 5.60. The van der Waals surface area contributed by atoms with Crippen LogP contribution < -0.4 is 20.3 Å². The molecule has 0 radical (unpaired) electrons. The molecule has 176 valence electrons. The molecule has 3 aromatic carbocycles. The summed E-state index contributed by atoms with van der Waals surface area (Å²) in [5.74, 6) is -1.32. The van der Waals surface area contributed by atoms with Gasteiger partial charge in [0.2, 0.25) is 0 Å². The predicted octanol–water partition coefficient (Wildman–Crippen LogP) is 4.50. The molecule has 0 bridgehead atoms. The molecule has 0 spiro atoms. The van der Waals surface area contributed by atoms with Crippen molar-refractivity contribution in [2.45, 2.75) is 6.92 Å². The lowest BCUT2D eigenvalue weighted by Gasteiger charge is -2.29. The van der Waals surface area contributed by atoms with Crippen LogP contribution in [0.4, 0.5) is 11.4 Å². The zero-order valence-electron chi connectivity index (χ0n) is 18.6. The van der Waals surface area contributed by atoms with Gasteiger partial charge in [-0.1, -0.05) is 47.5 Å². The highest BCUT2D eigenvalue weighted by molar-refractivity contribution is 7.80. The minimum absolute atomic E-state index is 0.0151. The monoisotopic (exact) mass is 505 g/mol. The number of thiocarbonyl (C=S) groups is 1. The van der Waals surface area contributed by atoms with Crippen molar-refractivity contribution in [2.24, 2.45) is 0 Å². The number of nitrogens with one attached hydrogen (secondary N) is 2. The van der Waals surface area contributed by atoms with Crippen LogP contribution in [0.25, 0.3) is 6.08 Å². The highest BCUT2D eigenvalue weighted by atomic mass is 35.5. The number of carbonyl (C=O) groups is 3. The van der Waals surface area contributed by atoms with Gasteiger partial charge in [0.1, 0.15) is 11.3 Å². The van der Waals surface area contributed by atoms with Crippen molar-refractivity contribution in [1.82, 2.24) is 5.32 Å². The fourth-order valence-corrected chi connectivity index (χ4v) is 3.83. The second-order valence-corrected chi connectivity index (χ2v) is 8.50. The minimum Gasteiger partial charge on any atom is -0.483 e. The van der Waals surface area contributed by atoms with E-state index in [0.717, 1.165) is 5.56 Å². The first-order valence-corrected chi connectivity index (χ1v) is 11.4. The van der Waals surface area contributed by atoms with Gasteiger partial charge >= 0.3 is 0 Å². The normalized spacial score (nSPS) is 14.6. The molecule has 0 aromatic heterocycles. The van der Waals surface area contributed by atoms with Gasteiger partial charge in [-0.25, -0.2) is 0 Å². The summed E-state index contributed by atoms with van der Waals surface area (Å²) in [5, 5.41) is 5.64. The van der Waals surface area contributed by atoms with Crippen molar-refractivity contribution in [1.29, 1.82) is 0 Å². The van der Waals surface area contributed by atoms with Gasteiger partial charge in [0.15, 0.2) is 11.7 Å². The molecular weight excluding hydrogens is 486 g/mol. The average Bonchev–Trinajstić information content (AvgIpc) is 2.83. The number of hydrogen-bond donors (Lipinski definition) is 2. The summed E-state index contributed by atoms with van der Waals surface area (Å²) in [6, 6.07) is 20.8. The largest absolute Gasteiger partial charge is 0.483 e. The van der Waals surface area contributed by atoms with Crippen molar-refractivity contribution in [2.75, 3.05) is 16.8 Å². The van der Waals surface area contributed by atoms with Gasteiger partial charge in [0, 0.05) is 16.3 Å².